The van der Waals surface area contributed by atoms with Crippen molar-refractivity contribution in [2.45, 2.75) is 51.4 Å². The highest BCUT2D eigenvalue weighted by atomic mass is 16.1. The average molecular weight is 206 g/mol. The highest BCUT2D eigenvalue weighted by molar-refractivity contribution is 5.39. The van der Waals surface area contributed by atoms with Gasteiger partial charge in [0.25, 0.3) is 5.56 Å². The number of hydrogen-bond donors (Lipinski definition) is 2. The number of H-pyrrole nitrogens is 2. The quantitative estimate of drug-likeness (QED) is 0.672. The molecule has 1 saturated carbocycles. The zero-order valence-electron chi connectivity index (χ0n) is 9.61. The molecule has 2 aliphatic carbocycles. The minimum atomic E-state index is 0.108. The first kappa shape index (κ1) is 9.25. The zero-order chi connectivity index (χ0) is 10.8. The number of rotatable bonds is 0. The minimum Gasteiger partial charge on any atom is -0.301 e. The lowest BCUT2D eigenvalue weighted by atomic mass is 9.59. The molecule has 0 saturated heterocycles. The maximum atomic E-state index is 11.7. The third-order valence-electron chi connectivity index (χ3n) is 5.04. The first-order valence-corrected chi connectivity index (χ1v) is 5.77. The van der Waals surface area contributed by atoms with Crippen LogP contribution in [0.2, 0.25) is 0 Å². The summed E-state index contributed by atoms with van der Waals surface area (Å²) in [5.74, 6) is 0.494. The summed E-state index contributed by atoms with van der Waals surface area (Å²) in [7, 11) is 0. The second-order valence-electron chi connectivity index (χ2n) is 6.02. The van der Waals surface area contributed by atoms with Gasteiger partial charge in [-0.05, 0) is 30.6 Å². The molecule has 2 unspecified atom stereocenters. The summed E-state index contributed by atoms with van der Waals surface area (Å²) in [4.78, 5) is 11.7. The van der Waals surface area contributed by atoms with E-state index in [4.69, 9.17) is 0 Å². The molecule has 0 aliphatic heterocycles. The number of aromatic nitrogens is 2. The monoisotopic (exact) mass is 206 g/mol. The van der Waals surface area contributed by atoms with Crippen LogP contribution in [0.15, 0.2) is 4.79 Å². The number of aromatic amines is 2. The van der Waals surface area contributed by atoms with Gasteiger partial charge in [0.15, 0.2) is 0 Å². The summed E-state index contributed by atoms with van der Waals surface area (Å²) in [6.45, 7) is 6.95. The maximum Gasteiger partial charge on any atom is 0.267 e. The van der Waals surface area contributed by atoms with Gasteiger partial charge >= 0.3 is 0 Å². The summed E-state index contributed by atoms with van der Waals surface area (Å²) in [6.07, 6.45) is 3.53. The molecule has 0 aromatic carbocycles. The summed E-state index contributed by atoms with van der Waals surface area (Å²) in [5.41, 5.74) is 2.78. The Morgan fingerprint density at radius 3 is 2.73 bits per heavy atom. The zero-order valence-corrected chi connectivity index (χ0v) is 9.61. The average Bonchev–Trinajstić information content (AvgIpc) is 2.63. The lowest BCUT2D eigenvalue weighted by molar-refractivity contribution is 0.111. The molecular formula is C12H18N2O. The standard InChI is InChI=1S/C12H18N2O/c1-11(2)5-4-7-6-12(11,3)9-8(7)10(15)14-13-9/h7H,4-6H2,1-3H3,(H2,13,14,15). The fourth-order valence-corrected chi connectivity index (χ4v) is 3.56. The summed E-state index contributed by atoms with van der Waals surface area (Å²) in [5, 5.41) is 5.87. The largest absolute Gasteiger partial charge is 0.301 e. The summed E-state index contributed by atoms with van der Waals surface area (Å²) < 4.78 is 0. The second kappa shape index (κ2) is 2.39. The highest BCUT2D eigenvalue weighted by Crippen LogP contribution is 2.60. The van der Waals surface area contributed by atoms with E-state index in [0.29, 0.717) is 11.3 Å². The Morgan fingerprint density at radius 2 is 2.00 bits per heavy atom. The fourth-order valence-electron chi connectivity index (χ4n) is 3.56. The van der Waals surface area contributed by atoms with Crippen molar-refractivity contribution in [2.75, 3.05) is 0 Å². The van der Waals surface area contributed by atoms with E-state index in [-0.39, 0.29) is 11.0 Å². The van der Waals surface area contributed by atoms with Crippen molar-refractivity contribution in [3.8, 4) is 0 Å². The van der Waals surface area contributed by atoms with Crippen LogP contribution in [0.5, 0.6) is 0 Å². The molecule has 0 amide bonds. The Morgan fingerprint density at radius 1 is 1.27 bits per heavy atom. The van der Waals surface area contributed by atoms with Crippen LogP contribution < -0.4 is 5.56 Å². The van der Waals surface area contributed by atoms with E-state index in [2.05, 4.69) is 31.0 Å². The normalized spacial score (nSPS) is 36.6. The van der Waals surface area contributed by atoms with Crippen LogP contribution in [-0.2, 0) is 5.41 Å². The van der Waals surface area contributed by atoms with Gasteiger partial charge in [-0.25, -0.2) is 0 Å². The molecule has 3 heteroatoms. The van der Waals surface area contributed by atoms with Gasteiger partial charge in [-0.15, -0.1) is 0 Å². The molecule has 3 rings (SSSR count). The molecule has 2 aliphatic rings. The van der Waals surface area contributed by atoms with Gasteiger partial charge in [-0.3, -0.25) is 9.89 Å². The first-order chi connectivity index (χ1) is 6.96. The van der Waals surface area contributed by atoms with Crippen LogP contribution in [0.1, 0.15) is 57.2 Å². The van der Waals surface area contributed by atoms with Gasteiger partial charge in [0, 0.05) is 16.7 Å². The van der Waals surface area contributed by atoms with Crippen molar-refractivity contribution < 1.29 is 0 Å². The Balaban J connectivity index is 2.28. The van der Waals surface area contributed by atoms with Crippen molar-refractivity contribution in [3.05, 3.63) is 21.6 Å². The lowest BCUT2D eigenvalue weighted by Crippen LogP contribution is -2.40. The molecule has 1 heterocycles. The van der Waals surface area contributed by atoms with Crippen molar-refractivity contribution in [3.63, 3.8) is 0 Å². The van der Waals surface area contributed by atoms with Crippen LogP contribution >= 0.6 is 0 Å². The second-order valence-corrected chi connectivity index (χ2v) is 6.02. The highest BCUT2D eigenvalue weighted by Gasteiger charge is 2.55. The lowest BCUT2D eigenvalue weighted by Gasteiger charge is -2.45. The van der Waals surface area contributed by atoms with Crippen molar-refractivity contribution in [2.24, 2.45) is 5.41 Å². The van der Waals surface area contributed by atoms with E-state index < -0.39 is 0 Å². The Kier molecular flexibility index (Phi) is 1.48. The Bertz CT molecular complexity index is 468. The van der Waals surface area contributed by atoms with Crippen molar-refractivity contribution in [1.29, 1.82) is 0 Å². The van der Waals surface area contributed by atoms with Crippen molar-refractivity contribution >= 4 is 0 Å². The van der Waals surface area contributed by atoms with Gasteiger partial charge in [-0.2, -0.15) is 0 Å². The smallest absolute Gasteiger partial charge is 0.267 e. The van der Waals surface area contributed by atoms with Gasteiger partial charge in [-0.1, -0.05) is 20.8 Å². The fraction of sp³-hybridized carbons (Fsp3) is 0.750. The molecule has 2 bridgehead atoms. The van der Waals surface area contributed by atoms with E-state index in [0.717, 1.165) is 18.4 Å². The predicted molar refractivity (Wildman–Crippen MR) is 59.1 cm³/mol. The third kappa shape index (κ3) is 0.894. The topological polar surface area (TPSA) is 48.6 Å². The number of fused-ring (bicyclic) bond motifs is 5. The summed E-state index contributed by atoms with van der Waals surface area (Å²) in [6, 6.07) is 0. The van der Waals surface area contributed by atoms with E-state index in [1.54, 1.807) is 0 Å². The maximum absolute atomic E-state index is 11.7. The molecule has 2 N–H and O–H groups in total. The van der Waals surface area contributed by atoms with Crippen LogP contribution in [-0.4, -0.2) is 10.2 Å². The first-order valence-electron chi connectivity index (χ1n) is 5.77. The van der Waals surface area contributed by atoms with Gasteiger partial charge < -0.3 is 5.10 Å². The van der Waals surface area contributed by atoms with Crippen LogP contribution in [0.3, 0.4) is 0 Å². The SMILES string of the molecule is CC1(C)CCC2CC1(C)c1[nH][nH]c(=O)c12. The third-order valence-corrected chi connectivity index (χ3v) is 5.04. The van der Waals surface area contributed by atoms with E-state index in [1.165, 1.54) is 12.1 Å². The molecule has 0 radical (unpaired) electrons. The predicted octanol–water partition coefficient (Wildman–Crippen LogP) is 2.27. The van der Waals surface area contributed by atoms with E-state index in [9.17, 15) is 4.79 Å². The summed E-state index contributed by atoms with van der Waals surface area (Å²) >= 11 is 0. The molecule has 2 atom stereocenters. The molecule has 1 aromatic heterocycles. The van der Waals surface area contributed by atoms with Gasteiger partial charge in [0.2, 0.25) is 0 Å². The van der Waals surface area contributed by atoms with E-state index >= 15 is 0 Å². The Hall–Kier alpha value is -0.990. The van der Waals surface area contributed by atoms with Gasteiger partial charge in [0.05, 0.1) is 0 Å². The molecule has 0 spiro atoms. The number of hydrogen-bond acceptors (Lipinski definition) is 1. The molecule has 15 heavy (non-hydrogen) atoms. The molecule has 1 fully saturated rings. The van der Waals surface area contributed by atoms with Crippen molar-refractivity contribution in [1.82, 2.24) is 10.2 Å². The molecule has 1 aromatic rings. The molecule has 3 nitrogen and oxygen atoms in total. The van der Waals surface area contributed by atoms with Crippen LogP contribution in [0.25, 0.3) is 0 Å². The molecular weight excluding hydrogens is 188 g/mol. The minimum absolute atomic E-state index is 0.108. The number of nitrogens with one attached hydrogen (secondary N) is 2. The van der Waals surface area contributed by atoms with Gasteiger partial charge in [0.1, 0.15) is 0 Å². The Labute approximate surface area is 89.3 Å². The van der Waals surface area contributed by atoms with E-state index in [1.807, 2.05) is 0 Å². The van der Waals surface area contributed by atoms with Crippen LogP contribution in [0, 0.1) is 5.41 Å². The van der Waals surface area contributed by atoms with Crippen LogP contribution in [0.4, 0.5) is 0 Å². The molecule has 82 valence electrons.